The Labute approximate surface area is 142 Å². The van der Waals surface area contributed by atoms with Crippen molar-refractivity contribution in [3.8, 4) is 0 Å². The summed E-state index contributed by atoms with van der Waals surface area (Å²) < 4.78 is 13.1. The Kier molecular flexibility index (Phi) is 5.68. The molecule has 1 aliphatic heterocycles. The molecular formula is C18H26N2O4. The molecule has 1 N–H and O–H groups in total. The van der Waals surface area contributed by atoms with E-state index < -0.39 is 0 Å². The van der Waals surface area contributed by atoms with Crippen molar-refractivity contribution in [2.75, 3.05) is 19.8 Å². The van der Waals surface area contributed by atoms with Crippen molar-refractivity contribution in [1.82, 2.24) is 9.88 Å². The molecule has 1 saturated carbocycles. The lowest BCUT2D eigenvalue weighted by Gasteiger charge is -2.32. The Hall–Kier alpha value is -1.66. The largest absolute Gasteiger partial charge is 0.379 e. The number of ether oxygens (including phenoxy) is 2. The van der Waals surface area contributed by atoms with Crippen molar-refractivity contribution in [3.63, 3.8) is 0 Å². The van der Waals surface area contributed by atoms with Gasteiger partial charge in [0, 0.05) is 37.9 Å². The molecule has 1 saturated heterocycles. The van der Waals surface area contributed by atoms with Crippen LogP contribution in [0.3, 0.4) is 0 Å². The van der Waals surface area contributed by atoms with E-state index in [1.165, 1.54) is 18.9 Å². The van der Waals surface area contributed by atoms with Crippen LogP contribution in [-0.2, 0) is 20.8 Å². The van der Waals surface area contributed by atoms with E-state index in [0.29, 0.717) is 25.7 Å². The van der Waals surface area contributed by atoms with E-state index in [-0.39, 0.29) is 30.0 Å². The average molecular weight is 334 g/mol. The molecular weight excluding hydrogens is 308 g/mol. The van der Waals surface area contributed by atoms with Crippen LogP contribution in [0.25, 0.3) is 0 Å². The summed E-state index contributed by atoms with van der Waals surface area (Å²) in [4.78, 5) is 24.1. The normalized spacial score (nSPS) is 23.9. The quantitative estimate of drug-likeness (QED) is 0.815. The number of aromatic nitrogens is 1. The first-order chi connectivity index (χ1) is 11.6. The summed E-state index contributed by atoms with van der Waals surface area (Å²) in [6.07, 6.45) is 3.63. The zero-order valence-corrected chi connectivity index (χ0v) is 14.2. The molecule has 0 aromatic carbocycles. The zero-order valence-electron chi connectivity index (χ0n) is 14.2. The summed E-state index contributed by atoms with van der Waals surface area (Å²) in [5.41, 5.74) is 0.788. The molecule has 1 aromatic heterocycles. The Morgan fingerprint density at radius 1 is 1.38 bits per heavy atom. The van der Waals surface area contributed by atoms with E-state index in [2.05, 4.69) is 5.32 Å². The second-order valence-corrected chi connectivity index (χ2v) is 6.76. The van der Waals surface area contributed by atoms with Crippen molar-refractivity contribution < 1.29 is 14.3 Å². The summed E-state index contributed by atoms with van der Waals surface area (Å²) in [6.45, 7) is 4.22. The van der Waals surface area contributed by atoms with Crippen molar-refractivity contribution >= 4 is 5.91 Å². The van der Waals surface area contributed by atoms with Crippen molar-refractivity contribution in [3.05, 3.63) is 34.2 Å². The second kappa shape index (κ2) is 7.94. The molecule has 1 aliphatic carbocycles. The Morgan fingerprint density at radius 3 is 2.96 bits per heavy atom. The number of nitrogens with zero attached hydrogens (tertiary/aromatic N) is 1. The number of hydrogen-bond donors (Lipinski definition) is 1. The van der Waals surface area contributed by atoms with Crippen LogP contribution in [0.2, 0.25) is 0 Å². The molecule has 132 valence electrons. The Morgan fingerprint density at radius 2 is 2.21 bits per heavy atom. The summed E-state index contributed by atoms with van der Waals surface area (Å²) in [6, 6.07) is 5.02. The van der Waals surface area contributed by atoms with Gasteiger partial charge in [0.1, 0.15) is 0 Å². The number of carbonyl (C=O) groups is 1. The van der Waals surface area contributed by atoms with Gasteiger partial charge in [-0.1, -0.05) is 6.07 Å². The molecule has 6 nitrogen and oxygen atoms in total. The van der Waals surface area contributed by atoms with Crippen LogP contribution < -0.4 is 10.9 Å². The third kappa shape index (κ3) is 4.68. The first-order valence-electron chi connectivity index (χ1n) is 8.78. The number of nitrogens with one attached hydrogen (secondary N) is 1. The summed E-state index contributed by atoms with van der Waals surface area (Å²) in [7, 11) is 0. The van der Waals surface area contributed by atoms with Crippen LogP contribution in [0.1, 0.15) is 31.4 Å². The number of rotatable bonds is 7. The highest BCUT2D eigenvalue weighted by molar-refractivity contribution is 5.76. The number of carbonyl (C=O) groups excluding carboxylic acids is 1. The predicted molar refractivity (Wildman–Crippen MR) is 89.9 cm³/mol. The van der Waals surface area contributed by atoms with E-state index in [1.54, 1.807) is 10.6 Å². The maximum Gasteiger partial charge on any atom is 0.250 e. The molecule has 2 aliphatic rings. The first-order valence-corrected chi connectivity index (χ1v) is 8.78. The molecule has 24 heavy (non-hydrogen) atoms. The lowest BCUT2D eigenvalue weighted by molar-refractivity contribution is -0.126. The molecule has 0 spiro atoms. The van der Waals surface area contributed by atoms with Gasteiger partial charge in [0.05, 0.1) is 18.8 Å². The molecule has 6 heteroatoms. The van der Waals surface area contributed by atoms with E-state index in [9.17, 15) is 9.59 Å². The summed E-state index contributed by atoms with van der Waals surface area (Å²) >= 11 is 0. The minimum Gasteiger partial charge on any atom is -0.379 e. The van der Waals surface area contributed by atoms with Gasteiger partial charge in [0.25, 0.3) is 5.56 Å². The molecule has 0 bridgehead atoms. The van der Waals surface area contributed by atoms with Crippen LogP contribution in [0, 0.1) is 12.8 Å². The predicted octanol–water partition coefficient (Wildman–Crippen LogP) is 1.25. The first kappa shape index (κ1) is 17.2. The second-order valence-electron chi connectivity index (χ2n) is 6.76. The van der Waals surface area contributed by atoms with Crippen molar-refractivity contribution in [2.24, 2.45) is 5.92 Å². The fraction of sp³-hybridized carbons (Fsp3) is 0.667. The molecule has 0 radical (unpaired) electrons. The molecule has 2 atom stereocenters. The van der Waals surface area contributed by atoms with Gasteiger partial charge < -0.3 is 19.4 Å². The highest BCUT2D eigenvalue weighted by Gasteiger charge is 2.30. The fourth-order valence-corrected chi connectivity index (χ4v) is 3.00. The Balaban J connectivity index is 1.49. The van der Waals surface area contributed by atoms with E-state index >= 15 is 0 Å². The monoisotopic (exact) mass is 334 g/mol. The summed E-state index contributed by atoms with van der Waals surface area (Å²) in [5, 5.41) is 3.02. The maximum absolute atomic E-state index is 12.3. The summed E-state index contributed by atoms with van der Waals surface area (Å²) in [5.74, 6) is 0.637. The van der Waals surface area contributed by atoms with E-state index in [0.717, 1.165) is 18.7 Å². The van der Waals surface area contributed by atoms with Crippen LogP contribution in [0.15, 0.2) is 23.0 Å². The highest BCUT2D eigenvalue weighted by Crippen LogP contribution is 2.30. The number of hydrogen-bond acceptors (Lipinski definition) is 4. The smallest absolute Gasteiger partial charge is 0.250 e. The van der Waals surface area contributed by atoms with E-state index in [4.69, 9.17) is 9.47 Å². The van der Waals surface area contributed by atoms with Crippen molar-refractivity contribution in [2.45, 2.75) is 51.3 Å². The third-order valence-corrected chi connectivity index (χ3v) is 4.71. The Bertz CT molecular complexity index is 624. The van der Waals surface area contributed by atoms with Gasteiger partial charge >= 0.3 is 0 Å². The highest BCUT2D eigenvalue weighted by atomic mass is 16.5. The molecule has 3 rings (SSSR count). The van der Waals surface area contributed by atoms with Gasteiger partial charge in [0.2, 0.25) is 5.91 Å². The maximum atomic E-state index is 12.3. The number of amides is 1. The van der Waals surface area contributed by atoms with Crippen LogP contribution >= 0.6 is 0 Å². The van der Waals surface area contributed by atoms with Gasteiger partial charge in [-0.15, -0.1) is 0 Å². The molecule has 1 aromatic rings. The van der Waals surface area contributed by atoms with E-state index in [1.807, 2.05) is 13.0 Å². The van der Waals surface area contributed by atoms with Crippen LogP contribution in [0.4, 0.5) is 0 Å². The minimum atomic E-state index is -0.0985. The molecule has 0 unspecified atom stereocenters. The SMILES string of the molecule is Cc1cccc(=O)n1CCC(=O)N[C@@H]1COCC[C@@H]1OCC1CC1. The van der Waals surface area contributed by atoms with Crippen LogP contribution in [0.5, 0.6) is 0 Å². The topological polar surface area (TPSA) is 69.6 Å². The van der Waals surface area contributed by atoms with Crippen LogP contribution in [-0.4, -0.2) is 42.4 Å². The third-order valence-electron chi connectivity index (χ3n) is 4.71. The molecule has 2 fully saturated rings. The fourth-order valence-electron chi connectivity index (χ4n) is 3.00. The van der Waals surface area contributed by atoms with Gasteiger partial charge in [0.15, 0.2) is 0 Å². The zero-order chi connectivity index (χ0) is 16.9. The standard InChI is InChI=1S/C18H26N2O4/c1-13-3-2-4-18(22)20(13)9-7-17(21)19-15-12-23-10-8-16(15)24-11-14-5-6-14/h2-4,14-16H,5-12H2,1H3,(H,19,21)/t15-,16+/m1/s1. The van der Waals surface area contributed by atoms with Gasteiger partial charge in [-0.2, -0.15) is 0 Å². The molecule has 1 amide bonds. The number of pyridine rings is 1. The molecule has 2 heterocycles. The van der Waals surface area contributed by atoms with Gasteiger partial charge in [-0.3, -0.25) is 9.59 Å². The average Bonchev–Trinajstić information content (AvgIpc) is 3.38. The van der Waals surface area contributed by atoms with Gasteiger partial charge in [-0.25, -0.2) is 0 Å². The number of aryl methyl sites for hydroxylation is 1. The van der Waals surface area contributed by atoms with Gasteiger partial charge in [-0.05, 0) is 38.2 Å². The minimum absolute atomic E-state index is 0.0319. The van der Waals surface area contributed by atoms with Crippen molar-refractivity contribution in [1.29, 1.82) is 0 Å². The lowest BCUT2D eigenvalue weighted by atomic mass is 10.1. The lowest BCUT2D eigenvalue weighted by Crippen LogP contribution is -2.51.